The van der Waals surface area contributed by atoms with E-state index < -0.39 is 20.0 Å². The van der Waals surface area contributed by atoms with E-state index in [0.717, 1.165) is 0 Å². The summed E-state index contributed by atoms with van der Waals surface area (Å²) in [7, 11) is 0.0610. The smallest absolute Gasteiger partial charge is 0.397 e. The molecule has 0 aromatic carbocycles. The largest absolute Gasteiger partial charge is 0.445 e. The first-order valence-electron chi connectivity index (χ1n) is 5.31. The van der Waals surface area contributed by atoms with Crippen LogP contribution in [0.2, 0.25) is 19.6 Å². The number of carbonyl (C=O) groups excluding carboxylic acids is 2. The van der Waals surface area contributed by atoms with E-state index in [4.69, 9.17) is 4.74 Å². The maximum atomic E-state index is 11.4. The molecular formula is C12H19NO3Si. The van der Waals surface area contributed by atoms with E-state index in [2.05, 4.69) is 37.7 Å². The Kier molecular flexibility index (Phi) is 6.29. The van der Waals surface area contributed by atoms with Crippen LogP contribution in [0.5, 0.6) is 0 Å². The van der Waals surface area contributed by atoms with Crippen molar-refractivity contribution in [3.8, 4) is 11.5 Å². The zero-order valence-electron chi connectivity index (χ0n) is 10.9. The molecule has 0 saturated carbocycles. The Bertz CT molecular complexity index is 360. The summed E-state index contributed by atoms with van der Waals surface area (Å²) in [5.41, 5.74) is 3.04. The highest BCUT2D eigenvalue weighted by atomic mass is 28.3. The molecule has 0 heterocycles. The zero-order valence-corrected chi connectivity index (χ0v) is 11.9. The van der Waals surface area contributed by atoms with Gasteiger partial charge in [-0.3, -0.25) is 4.79 Å². The van der Waals surface area contributed by atoms with Gasteiger partial charge in [0.05, 0.1) is 0 Å². The van der Waals surface area contributed by atoms with Gasteiger partial charge in [0.1, 0.15) is 8.07 Å². The van der Waals surface area contributed by atoms with Crippen molar-refractivity contribution in [2.45, 2.75) is 19.6 Å². The predicted octanol–water partition coefficient (Wildman–Crippen LogP) is 1.05. The molecule has 0 aliphatic rings. The summed E-state index contributed by atoms with van der Waals surface area (Å²) in [5.74, 6) is 1.20. The number of hydrogen-bond donors (Lipinski definition) is 0. The van der Waals surface area contributed by atoms with Gasteiger partial charge in [-0.25, -0.2) is 4.79 Å². The maximum Gasteiger partial charge on any atom is 0.397 e. The van der Waals surface area contributed by atoms with E-state index in [1.54, 1.807) is 0 Å². The Balaban J connectivity index is 4.14. The van der Waals surface area contributed by atoms with Crippen LogP contribution >= 0.6 is 0 Å². The van der Waals surface area contributed by atoms with E-state index in [1.165, 1.54) is 18.0 Å². The van der Waals surface area contributed by atoms with Gasteiger partial charge in [0.15, 0.2) is 6.61 Å². The summed E-state index contributed by atoms with van der Waals surface area (Å²) in [4.78, 5) is 23.9. The van der Waals surface area contributed by atoms with Gasteiger partial charge in [-0.1, -0.05) is 31.6 Å². The molecule has 0 aromatic rings. The normalized spacial score (nSPS) is 9.88. The Morgan fingerprint density at radius 1 is 1.41 bits per heavy atom. The first kappa shape index (κ1) is 15.5. The molecule has 5 heteroatoms. The highest BCUT2D eigenvalue weighted by Crippen LogP contribution is 1.96. The Hall–Kier alpha value is -1.54. The average Bonchev–Trinajstić information content (AvgIpc) is 2.22. The van der Waals surface area contributed by atoms with Crippen molar-refractivity contribution >= 4 is 20.0 Å². The monoisotopic (exact) mass is 253 g/mol. The fourth-order valence-electron chi connectivity index (χ4n) is 0.897. The van der Waals surface area contributed by atoms with Gasteiger partial charge < -0.3 is 9.64 Å². The lowest BCUT2D eigenvalue weighted by Crippen LogP contribution is -2.34. The fourth-order valence-corrected chi connectivity index (χ4v) is 1.50. The van der Waals surface area contributed by atoms with Crippen molar-refractivity contribution in [3.63, 3.8) is 0 Å². The molecule has 0 aliphatic carbocycles. The molecule has 0 N–H and O–H groups in total. The second-order valence-electron chi connectivity index (χ2n) is 4.60. The van der Waals surface area contributed by atoms with Crippen molar-refractivity contribution in [1.82, 2.24) is 4.90 Å². The van der Waals surface area contributed by atoms with E-state index in [-0.39, 0.29) is 6.61 Å². The quantitative estimate of drug-likeness (QED) is 0.248. The van der Waals surface area contributed by atoms with E-state index in [1.807, 2.05) is 0 Å². The first-order chi connectivity index (χ1) is 7.78. The van der Waals surface area contributed by atoms with Gasteiger partial charge in [-0.05, 0) is 0 Å². The lowest BCUT2D eigenvalue weighted by molar-refractivity contribution is -0.158. The first-order valence-corrected chi connectivity index (χ1v) is 8.81. The van der Waals surface area contributed by atoms with Crippen LogP contribution in [0.15, 0.2) is 12.7 Å². The summed E-state index contributed by atoms with van der Waals surface area (Å²) in [6.07, 6.45) is 1.54. The number of carbonyl (C=O) groups is 2. The van der Waals surface area contributed by atoms with Crippen LogP contribution in [0.4, 0.5) is 0 Å². The molecule has 17 heavy (non-hydrogen) atoms. The molecule has 94 valence electrons. The molecule has 0 bridgehead atoms. The molecule has 0 aliphatic heterocycles. The molecule has 0 aromatic heterocycles. The van der Waals surface area contributed by atoms with Crippen LogP contribution in [-0.2, 0) is 14.3 Å². The van der Waals surface area contributed by atoms with Crippen LogP contribution in [0.1, 0.15) is 0 Å². The minimum atomic E-state index is -1.45. The zero-order chi connectivity index (χ0) is 13.5. The van der Waals surface area contributed by atoms with Gasteiger partial charge >= 0.3 is 11.9 Å². The van der Waals surface area contributed by atoms with Crippen LogP contribution in [0, 0.1) is 11.5 Å². The minimum absolute atomic E-state index is 0.0310. The van der Waals surface area contributed by atoms with Crippen molar-refractivity contribution < 1.29 is 14.3 Å². The molecule has 0 spiro atoms. The van der Waals surface area contributed by atoms with Crippen molar-refractivity contribution in [2.75, 3.05) is 20.2 Å². The van der Waals surface area contributed by atoms with Crippen LogP contribution in [0.3, 0.4) is 0 Å². The van der Waals surface area contributed by atoms with E-state index >= 15 is 0 Å². The number of hydrogen-bond acceptors (Lipinski definition) is 3. The second kappa shape index (κ2) is 6.92. The maximum absolute atomic E-state index is 11.4. The Labute approximate surface area is 104 Å². The lowest BCUT2D eigenvalue weighted by Gasteiger charge is -2.12. The number of rotatable bonds is 3. The summed E-state index contributed by atoms with van der Waals surface area (Å²) in [5, 5.41) is 0. The van der Waals surface area contributed by atoms with Crippen LogP contribution < -0.4 is 0 Å². The second-order valence-corrected chi connectivity index (χ2v) is 9.35. The van der Waals surface area contributed by atoms with E-state index in [9.17, 15) is 9.59 Å². The fraction of sp³-hybridized carbons (Fsp3) is 0.500. The Morgan fingerprint density at radius 2 is 2.00 bits per heavy atom. The summed E-state index contributed by atoms with van der Waals surface area (Å²) < 4.78 is 4.75. The number of amides is 1. The summed E-state index contributed by atoms with van der Waals surface area (Å²) in [6, 6.07) is 0. The molecular weight excluding hydrogens is 234 g/mol. The summed E-state index contributed by atoms with van der Waals surface area (Å²) >= 11 is 0. The SMILES string of the molecule is C=CCN(C)C(=O)C(=O)OCC#C[Si](C)(C)C. The number of nitrogens with zero attached hydrogens (tertiary/aromatic N) is 1. The van der Waals surface area contributed by atoms with Gasteiger partial charge in [0, 0.05) is 13.6 Å². The molecule has 0 unspecified atom stereocenters. The van der Waals surface area contributed by atoms with E-state index in [0.29, 0.717) is 6.54 Å². The highest BCUT2D eigenvalue weighted by Gasteiger charge is 2.18. The van der Waals surface area contributed by atoms with Crippen molar-refractivity contribution in [3.05, 3.63) is 12.7 Å². The van der Waals surface area contributed by atoms with Gasteiger partial charge in [-0.2, -0.15) is 0 Å². The summed E-state index contributed by atoms with van der Waals surface area (Å²) in [6.45, 7) is 10.0. The predicted molar refractivity (Wildman–Crippen MR) is 69.9 cm³/mol. The topological polar surface area (TPSA) is 46.6 Å². The molecule has 0 atom stereocenters. The lowest BCUT2D eigenvalue weighted by atomic mass is 10.5. The molecule has 0 rings (SSSR count). The molecule has 1 amide bonds. The van der Waals surface area contributed by atoms with Crippen LogP contribution in [-0.4, -0.2) is 45.0 Å². The molecule has 0 fully saturated rings. The van der Waals surface area contributed by atoms with Gasteiger partial charge in [-0.15, -0.1) is 12.1 Å². The third-order valence-electron chi connectivity index (χ3n) is 1.66. The molecule has 4 nitrogen and oxygen atoms in total. The molecule has 0 radical (unpaired) electrons. The highest BCUT2D eigenvalue weighted by molar-refractivity contribution is 6.83. The van der Waals surface area contributed by atoms with Crippen molar-refractivity contribution in [2.24, 2.45) is 0 Å². The number of esters is 1. The van der Waals surface area contributed by atoms with Crippen LogP contribution in [0.25, 0.3) is 0 Å². The van der Waals surface area contributed by atoms with Gasteiger partial charge in [0.25, 0.3) is 0 Å². The average molecular weight is 253 g/mol. The molecule has 0 saturated heterocycles. The number of likely N-dealkylation sites (N-methyl/N-ethyl adjacent to an activating group) is 1. The Morgan fingerprint density at radius 3 is 2.47 bits per heavy atom. The number of ether oxygens (including phenoxy) is 1. The van der Waals surface area contributed by atoms with Gasteiger partial charge in [0.2, 0.25) is 0 Å². The minimum Gasteiger partial charge on any atom is -0.445 e. The third kappa shape index (κ3) is 7.36. The third-order valence-corrected chi connectivity index (χ3v) is 2.59. The standard InChI is InChI=1S/C12H19NO3Si/c1-6-8-13(2)11(14)12(15)16-9-7-10-17(3,4)5/h6H,1,8-9H2,2-5H3. The van der Waals surface area contributed by atoms with Crippen molar-refractivity contribution in [1.29, 1.82) is 0 Å².